The van der Waals surface area contributed by atoms with Crippen LogP contribution in [0.2, 0.25) is 0 Å². The molecule has 2 atom stereocenters. The first-order valence-corrected chi connectivity index (χ1v) is 10.4. The summed E-state index contributed by atoms with van der Waals surface area (Å²) in [6.45, 7) is 5.93. The predicted octanol–water partition coefficient (Wildman–Crippen LogP) is 3.78. The second kappa shape index (κ2) is 9.23. The average Bonchev–Trinajstić information content (AvgIpc) is 3.46. The maximum atomic E-state index is 13.5. The van der Waals surface area contributed by atoms with Crippen molar-refractivity contribution in [2.24, 2.45) is 0 Å². The average molecular weight is 417 g/mol. The second-order valence-electron chi connectivity index (χ2n) is 8.60. The Morgan fingerprint density at radius 1 is 1.13 bits per heavy atom. The van der Waals surface area contributed by atoms with Crippen LogP contribution < -0.4 is 10.6 Å². The normalized spacial score (nSPS) is 16.9. The van der Waals surface area contributed by atoms with E-state index in [0.29, 0.717) is 11.5 Å². The molecule has 1 aliphatic rings. The van der Waals surface area contributed by atoms with Crippen molar-refractivity contribution in [2.45, 2.75) is 63.6 Å². The standard InChI is InChI=1S/C24H30F2N2O2/c1-15(2)18-5-4-6-19(12-18)24(7-8-24)27-14-23(30)22(28-16(3)29)11-17-9-20(25)13-21(26)10-17/h4-6,9-10,12-13,15,22-23,27,30H,7-8,11,14H2,1-3H3,(H,28,29). The van der Waals surface area contributed by atoms with Crippen molar-refractivity contribution in [1.82, 2.24) is 10.6 Å². The SMILES string of the molecule is CC(=O)NC(Cc1cc(F)cc(F)c1)C(O)CNC1(c2cccc(C(C)C)c2)CC1. The fraction of sp³-hybridized carbons (Fsp3) is 0.458. The van der Waals surface area contributed by atoms with Gasteiger partial charge in [-0.05, 0) is 54.0 Å². The number of nitrogens with one attached hydrogen (secondary N) is 2. The molecule has 30 heavy (non-hydrogen) atoms. The molecule has 0 radical (unpaired) electrons. The topological polar surface area (TPSA) is 61.4 Å². The van der Waals surface area contributed by atoms with Crippen molar-refractivity contribution in [2.75, 3.05) is 6.54 Å². The molecule has 162 valence electrons. The number of amides is 1. The Morgan fingerprint density at radius 2 is 1.80 bits per heavy atom. The minimum atomic E-state index is -0.911. The molecule has 0 heterocycles. The summed E-state index contributed by atoms with van der Waals surface area (Å²) >= 11 is 0. The highest BCUT2D eigenvalue weighted by atomic mass is 19.1. The van der Waals surface area contributed by atoms with E-state index in [0.717, 1.165) is 18.9 Å². The van der Waals surface area contributed by atoms with Crippen LogP contribution in [0.3, 0.4) is 0 Å². The van der Waals surface area contributed by atoms with Crippen LogP contribution in [0.25, 0.3) is 0 Å². The van der Waals surface area contributed by atoms with Crippen LogP contribution in [0, 0.1) is 11.6 Å². The molecule has 4 nitrogen and oxygen atoms in total. The number of hydrogen-bond donors (Lipinski definition) is 3. The molecule has 2 aromatic carbocycles. The van der Waals surface area contributed by atoms with Crippen molar-refractivity contribution < 1.29 is 18.7 Å². The number of benzene rings is 2. The number of rotatable bonds is 9. The fourth-order valence-electron chi connectivity index (χ4n) is 3.86. The van der Waals surface area contributed by atoms with Crippen molar-refractivity contribution >= 4 is 5.91 Å². The zero-order valence-corrected chi connectivity index (χ0v) is 17.7. The van der Waals surface area contributed by atoms with Crippen LogP contribution in [0.15, 0.2) is 42.5 Å². The third kappa shape index (κ3) is 5.64. The van der Waals surface area contributed by atoms with Gasteiger partial charge in [-0.1, -0.05) is 38.1 Å². The summed E-state index contributed by atoms with van der Waals surface area (Å²) in [6, 6.07) is 11.1. The highest BCUT2D eigenvalue weighted by molar-refractivity contribution is 5.73. The monoisotopic (exact) mass is 416 g/mol. The van der Waals surface area contributed by atoms with E-state index in [1.807, 2.05) is 0 Å². The van der Waals surface area contributed by atoms with E-state index in [2.05, 4.69) is 48.7 Å². The van der Waals surface area contributed by atoms with Crippen molar-refractivity contribution in [1.29, 1.82) is 0 Å². The molecule has 2 aromatic rings. The van der Waals surface area contributed by atoms with Gasteiger partial charge in [0.25, 0.3) is 0 Å². The van der Waals surface area contributed by atoms with Crippen LogP contribution >= 0.6 is 0 Å². The molecule has 0 bridgehead atoms. The third-order valence-corrected chi connectivity index (χ3v) is 5.74. The van der Waals surface area contributed by atoms with Gasteiger partial charge in [0.05, 0.1) is 12.1 Å². The molecule has 6 heteroatoms. The minimum Gasteiger partial charge on any atom is -0.390 e. The van der Waals surface area contributed by atoms with Crippen molar-refractivity contribution in [3.05, 3.63) is 70.8 Å². The lowest BCUT2D eigenvalue weighted by Gasteiger charge is -2.27. The van der Waals surface area contributed by atoms with Crippen molar-refractivity contribution in [3.63, 3.8) is 0 Å². The molecule has 1 saturated carbocycles. The van der Waals surface area contributed by atoms with E-state index in [9.17, 15) is 18.7 Å². The van der Waals surface area contributed by atoms with Crippen LogP contribution in [0.4, 0.5) is 8.78 Å². The smallest absolute Gasteiger partial charge is 0.217 e. The molecule has 0 aliphatic heterocycles. The number of carbonyl (C=O) groups is 1. The zero-order valence-electron chi connectivity index (χ0n) is 17.7. The van der Waals surface area contributed by atoms with Gasteiger partial charge in [0.1, 0.15) is 11.6 Å². The third-order valence-electron chi connectivity index (χ3n) is 5.74. The molecule has 0 aromatic heterocycles. The van der Waals surface area contributed by atoms with E-state index in [4.69, 9.17) is 0 Å². The lowest BCUT2D eigenvalue weighted by Crippen LogP contribution is -2.49. The van der Waals surface area contributed by atoms with Gasteiger partial charge in [0, 0.05) is 25.1 Å². The van der Waals surface area contributed by atoms with Gasteiger partial charge in [-0.15, -0.1) is 0 Å². The largest absolute Gasteiger partial charge is 0.390 e. The predicted molar refractivity (Wildman–Crippen MR) is 113 cm³/mol. The molecule has 2 unspecified atom stereocenters. The van der Waals surface area contributed by atoms with Crippen LogP contribution in [-0.2, 0) is 16.8 Å². The van der Waals surface area contributed by atoms with E-state index in [-0.39, 0.29) is 24.4 Å². The van der Waals surface area contributed by atoms with Gasteiger partial charge in [0.15, 0.2) is 0 Å². The quantitative estimate of drug-likeness (QED) is 0.583. The Kier molecular flexibility index (Phi) is 6.88. The van der Waals surface area contributed by atoms with Crippen LogP contribution in [0.5, 0.6) is 0 Å². The van der Waals surface area contributed by atoms with E-state index < -0.39 is 23.8 Å². The van der Waals surface area contributed by atoms with E-state index >= 15 is 0 Å². The van der Waals surface area contributed by atoms with Crippen LogP contribution in [0.1, 0.15) is 56.2 Å². The molecule has 3 rings (SSSR count). The number of carbonyl (C=O) groups excluding carboxylic acids is 1. The summed E-state index contributed by atoms with van der Waals surface area (Å²) in [5.74, 6) is -1.23. The van der Waals surface area contributed by atoms with Gasteiger partial charge < -0.3 is 15.7 Å². The number of aliphatic hydroxyl groups excluding tert-OH is 1. The summed E-state index contributed by atoms with van der Waals surface area (Å²) in [6.07, 6.45) is 1.17. The number of aliphatic hydroxyl groups is 1. The Labute approximate surface area is 176 Å². The Bertz CT molecular complexity index is 876. The highest BCUT2D eigenvalue weighted by Crippen LogP contribution is 2.46. The second-order valence-corrected chi connectivity index (χ2v) is 8.60. The molecule has 0 saturated heterocycles. The van der Waals surface area contributed by atoms with E-state index in [1.165, 1.54) is 30.2 Å². The summed E-state index contributed by atoms with van der Waals surface area (Å²) in [5.41, 5.74) is 2.68. The van der Waals surface area contributed by atoms with Gasteiger partial charge in [-0.25, -0.2) is 8.78 Å². The van der Waals surface area contributed by atoms with Crippen molar-refractivity contribution in [3.8, 4) is 0 Å². The summed E-state index contributed by atoms with van der Waals surface area (Å²) in [7, 11) is 0. The van der Waals surface area contributed by atoms with Gasteiger partial charge >= 0.3 is 0 Å². The number of hydrogen-bond acceptors (Lipinski definition) is 3. The number of halogens is 2. The summed E-state index contributed by atoms with van der Waals surface area (Å²) in [5, 5.41) is 17.0. The summed E-state index contributed by atoms with van der Waals surface area (Å²) < 4.78 is 27.1. The molecular formula is C24H30F2N2O2. The van der Waals surface area contributed by atoms with Crippen LogP contribution in [-0.4, -0.2) is 29.7 Å². The minimum absolute atomic E-state index is 0.132. The lowest BCUT2D eigenvalue weighted by atomic mass is 9.96. The molecule has 3 N–H and O–H groups in total. The van der Waals surface area contributed by atoms with Gasteiger partial charge in [-0.3, -0.25) is 4.79 Å². The van der Waals surface area contributed by atoms with Gasteiger partial charge in [-0.2, -0.15) is 0 Å². The Hall–Kier alpha value is -2.31. The first kappa shape index (κ1) is 22.4. The fourth-order valence-corrected chi connectivity index (χ4v) is 3.86. The maximum Gasteiger partial charge on any atom is 0.217 e. The molecule has 1 amide bonds. The maximum absolute atomic E-state index is 13.5. The molecule has 1 fully saturated rings. The van der Waals surface area contributed by atoms with E-state index in [1.54, 1.807) is 0 Å². The lowest BCUT2D eigenvalue weighted by molar-refractivity contribution is -0.120. The first-order chi connectivity index (χ1) is 14.2. The summed E-state index contributed by atoms with van der Waals surface area (Å²) in [4.78, 5) is 11.6. The Balaban J connectivity index is 1.69. The molecule has 1 aliphatic carbocycles. The first-order valence-electron chi connectivity index (χ1n) is 10.4. The molecular weight excluding hydrogens is 386 g/mol. The Morgan fingerprint density at radius 3 is 2.37 bits per heavy atom. The zero-order chi connectivity index (χ0) is 21.9. The highest BCUT2D eigenvalue weighted by Gasteiger charge is 2.44. The van der Waals surface area contributed by atoms with Gasteiger partial charge in [0.2, 0.25) is 5.91 Å². The molecule has 0 spiro atoms.